The molecule has 2 N–H and O–H groups in total. The summed E-state index contributed by atoms with van der Waals surface area (Å²) in [6.07, 6.45) is 1.61. The van der Waals surface area contributed by atoms with E-state index >= 15 is 0 Å². The summed E-state index contributed by atoms with van der Waals surface area (Å²) in [6, 6.07) is 5.29. The van der Waals surface area contributed by atoms with Gasteiger partial charge in [0.2, 0.25) is 0 Å². The van der Waals surface area contributed by atoms with Gasteiger partial charge in [-0.2, -0.15) is 0 Å². The largest absolute Gasteiger partial charge is 0.468 e. The fourth-order valence-corrected chi connectivity index (χ4v) is 1.20. The van der Waals surface area contributed by atoms with E-state index in [0.29, 0.717) is 5.82 Å². The minimum absolute atomic E-state index is 0.0630. The van der Waals surface area contributed by atoms with Crippen LogP contribution in [0, 0.1) is 0 Å². The Morgan fingerprint density at radius 3 is 2.78 bits per heavy atom. The van der Waals surface area contributed by atoms with E-state index in [0.717, 1.165) is 0 Å². The fraction of sp³-hybridized carbons (Fsp3) is 0.364. The number of hydrogen-bond acceptors (Lipinski definition) is 6. The van der Waals surface area contributed by atoms with E-state index in [2.05, 4.69) is 20.6 Å². The number of aromatic nitrogens is 1. The first-order valence-electron chi connectivity index (χ1n) is 5.33. The summed E-state index contributed by atoms with van der Waals surface area (Å²) in [5, 5.41) is 0. The fourth-order valence-electron chi connectivity index (χ4n) is 1.20. The molecule has 0 aliphatic heterocycles. The molecule has 0 radical (unpaired) electrons. The molecule has 0 aliphatic carbocycles. The lowest BCUT2D eigenvalue weighted by molar-refractivity contribution is -0.141. The Balaban J connectivity index is 2.27. The number of esters is 1. The summed E-state index contributed by atoms with van der Waals surface area (Å²) < 4.78 is 4.49. The molecule has 1 aromatic rings. The number of methoxy groups -OCH3 is 1. The van der Waals surface area contributed by atoms with Crippen LogP contribution in [0.1, 0.15) is 0 Å². The van der Waals surface area contributed by atoms with Crippen LogP contribution in [0.5, 0.6) is 0 Å². The molecule has 18 heavy (non-hydrogen) atoms. The Kier molecular flexibility index (Phi) is 5.59. The molecule has 0 aromatic carbocycles. The molecular formula is C11H16N4O3. The molecule has 98 valence electrons. The molecule has 1 rings (SSSR count). The Morgan fingerprint density at radius 1 is 1.39 bits per heavy atom. The van der Waals surface area contributed by atoms with Gasteiger partial charge in [-0.25, -0.2) is 4.98 Å². The second-order valence-electron chi connectivity index (χ2n) is 3.64. The number of hydrazine groups is 1. The van der Waals surface area contributed by atoms with Crippen LogP contribution >= 0.6 is 0 Å². The van der Waals surface area contributed by atoms with E-state index in [1.165, 1.54) is 7.11 Å². The number of amides is 1. The van der Waals surface area contributed by atoms with Crippen molar-refractivity contribution in [3.8, 4) is 0 Å². The minimum Gasteiger partial charge on any atom is -0.468 e. The van der Waals surface area contributed by atoms with Gasteiger partial charge in [0.1, 0.15) is 5.82 Å². The number of ether oxygens (including phenoxy) is 1. The summed E-state index contributed by atoms with van der Waals surface area (Å²) >= 11 is 0. The molecule has 7 heteroatoms. The van der Waals surface area contributed by atoms with E-state index in [-0.39, 0.29) is 25.0 Å². The van der Waals surface area contributed by atoms with Crippen molar-refractivity contribution < 1.29 is 14.3 Å². The van der Waals surface area contributed by atoms with Gasteiger partial charge in [0, 0.05) is 6.20 Å². The van der Waals surface area contributed by atoms with Gasteiger partial charge >= 0.3 is 5.97 Å². The maximum absolute atomic E-state index is 11.5. The Bertz CT molecular complexity index is 397. The van der Waals surface area contributed by atoms with Gasteiger partial charge in [-0.05, 0) is 19.2 Å². The third-order valence-corrected chi connectivity index (χ3v) is 2.04. The number of anilines is 1. The Morgan fingerprint density at radius 2 is 2.17 bits per heavy atom. The minimum atomic E-state index is -0.386. The summed E-state index contributed by atoms with van der Waals surface area (Å²) in [5.41, 5.74) is 5.14. The summed E-state index contributed by atoms with van der Waals surface area (Å²) in [6.45, 7) is 0.141. The zero-order valence-corrected chi connectivity index (χ0v) is 10.3. The van der Waals surface area contributed by atoms with Crippen LogP contribution in [0.4, 0.5) is 5.82 Å². The van der Waals surface area contributed by atoms with Crippen molar-refractivity contribution in [3.05, 3.63) is 24.4 Å². The standard InChI is InChI=1S/C11H16N4O3/c1-15(8-11(17)18-2)7-10(16)14-13-9-5-3-4-6-12-9/h3-6H,7-8H2,1-2H3,(H,12,13)(H,14,16). The lowest BCUT2D eigenvalue weighted by Crippen LogP contribution is -2.40. The van der Waals surface area contributed by atoms with Crippen LogP contribution in [0.25, 0.3) is 0 Å². The molecule has 0 aliphatic rings. The maximum Gasteiger partial charge on any atom is 0.319 e. The highest BCUT2D eigenvalue weighted by molar-refractivity contribution is 5.80. The number of carbonyl (C=O) groups is 2. The molecule has 1 heterocycles. The molecule has 0 saturated carbocycles. The van der Waals surface area contributed by atoms with Crippen LogP contribution in [0.3, 0.4) is 0 Å². The molecule has 0 atom stereocenters. The molecule has 7 nitrogen and oxygen atoms in total. The lowest BCUT2D eigenvalue weighted by Gasteiger charge is -2.15. The number of carbonyl (C=O) groups excluding carboxylic acids is 2. The van der Waals surface area contributed by atoms with E-state index in [1.54, 1.807) is 36.3 Å². The number of pyridine rings is 1. The summed E-state index contributed by atoms with van der Waals surface area (Å²) in [5.74, 6) is -0.114. The first-order valence-corrected chi connectivity index (χ1v) is 5.33. The molecule has 0 bridgehead atoms. The van der Waals surface area contributed by atoms with Gasteiger partial charge in [0.25, 0.3) is 5.91 Å². The lowest BCUT2D eigenvalue weighted by atomic mass is 10.5. The highest BCUT2D eigenvalue weighted by Gasteiger charge is 2.10. The first-order chi connectivity index (χ1) is 8.61. The van der Waals surface area contributed by atoms with Crippen molar-refractivity contribution in [1.82, 2.24) is 15.3 Å². The van der Waals surface area contributed by atoms with Crippen LogP contribution in [0.15, 0.2) is 24.4 Å². The van der Waals surface area contributed by atoms with Gasteiger partial charge < -0.3 is 4.74 Å². The molecular weight excluding hydrogens is 236 g/mol. The van der Waals surface area contributed by atoms with Crippen molar-refractivity contribution in [2.24, 2.45) is 0 Å². The van der Waals surface area contributed by atoms with Gasteiger partial charge in [-0.1, -0.05) is 6.07 Å². The van der Waals surface area contributed by atoms with Crippen LogP contribution < -0.4 is 10.9 Å². The molecule has 0 saturated heterocycles. The van der Waals surface area contributed by atoms with E-state index in [1.807, 2.05) is 0 Å². The topological polar surface area (TPSA) is 83.6 Å². The average molecular weight is 252 g/mol. The van der Waals surface area contributed by atoms with Gasteiger partial charge in [0.05, 0.1) is 20.2 Å². The predicted molar refractivity (Wildman–Crippen MR) is 65.5 cm³/mol. The zero-order valence-electron chi connectivity index (χ0n) is 10.3. The second-order valence-corrected chi connectivity index (χ2v) is 3.64. The number of nitrogens with zero attached hydrogens (tertiary/aromatic N) is 2. The molecule has 0 unspecified atom stereocenters. The number of rotatable bonds is 6. The highest BCUT2D eigenvalue weighted by Crippen LogP contribution is 1.96. The van der Waals surface area contributed by atoms with Crippen LogP contribution in [-0.4, -0.2) is 49.0 Å². The quantitative estimate of drug-likeness (QED) is 0.531. The highest BCUT2D eigenvalue weighted by atomic mass is 16.5. The van der Waals surface area contributed by atoms with Gasteiger partial charge in [-0.3, -0.25) is 25.3 Å². The molecule has 0 spiro atoms. The van der Waals surface area contributed by atoms with Crippen molar-refractivity contribution in [2.45, 2.75) is 0 Å². The predicted octanol–water partition coefficient (Wildman–Crippen LogP) is -0.370. The average Bonchev–Trinajstić information content (AvgIpc) is 2.37. The van der Waals surface area contributed by atoms with Crippen LogP contribution in [0.2, 0.25) is 0 Å². The normalized spacial score (nSPS) is 9.94. The summed E-state index contributed by atoms with van der Waals surface area (Å²) in [4.78, 5) is 28.0. The van der Waals surface area contributed by atoms with Crippen molar-refractivity contribution >= 4 is 17.7 Å². The first kappa shape index (κ1) is 13.9. The molecule has 0 fully saturated rings. The maximum atomic E-state index is 11.5. The van der Waals surface area contributed by atoms with Crippen molar-refractivity contribution in [1.29, 1.82) is 0 Å². The summed E-state index contributed by atoms with van der Waals surface area (Å²) in [7, 11) is 2.95. The Labute approximate surface area is 105 Å². The van der Waals surface area contributed by atoms with Gasteiger partial charge in [0.15, 0.2) is 0 Å². The SMILES string of the molecule is COC(=O)CN(C)CC(=O)NNc1ccccn1. The third-order valence-electron chi connectivity index (χ3n) is 2.04. The number of hydrogen-bond donors (Lipinski definition) is 2. The van der Waals surface area contributed by atoms with E-state index in [4.69, 9.17) is 0 Å². The number of nitrogens with one attached hydrogen (secondary N) is 2. The second kappa shape index (κ2) is 7.23. The van der Waals surface area contributed by atoms with Crippen molar-refractivity contribution in [2.75, 3.05) is 32.7 Å². The third kappa shape index (κ3) is 5.26. The van der Waals surface area contributed by atoms with E-state index in [9.17, 15) is 9.59 Å². The Hall–Kier alpha value is -2.15. The van der Waals surface area contributed by atoms with Crippen LogP contribution in [-0.2, 0) is 14.3 Å². The van der Waals surface area contributed by atoms with E-state index < -0.39 is 0 Å². The molecule has 1 aromatic heterocycles. The van der Waals surface area contributed by atoms with Gasteiger partial charge in [-0.15, -0.1) is 0 Å². The van der Waals surface area contributed by atoms with Crippen molar-refractivity contribution in [3.63, 3.8) is 0 Å². The zero-order chi connectivity index (χ0) is 13.4. The monoisotopic (exact) mass is 252 g/mol. The smallest absolute Gasteiger partial charge is 0.319 e. The molecule has 1 amide bonds. The number of likely N-dealkylation sites (N-methyl/N-ethyl adjacent to an activating group) is 1.